The molecule has 2 aromatic rings. The normalized spacial score (nSPS) is 15.2. The Balaban J connectivity index is 2.47. The van der Waals surface area contributed by atoms with Gasteiger partial charge in [0.15, 0.2) is 0 Å². The van der Waals surface area contributed by atoms with Crippen LogP contribution in [0.15, 0.2) is 29.1 Å². The highest BCUT2D eigenvalue weighted by Gasteiger charge is 2.38. The molecular formula is C16H22FN3O2S2. The zero-order valence-corrected chi connectivity index (χ0v) is 16.0. The second-order valence-electron chi connectivity index (χ2n) is 7.17. The van der Waals surface area contributed by atoms with Crippen molar-refractivity contribution < 1.29 is 8.60 Å². The number of nitrogens with one attached hydrogen (secondary N) is 2. The highest BCUT2D eigenvalue weighted by molar-refractivity contribution is 7.84. The molecule has 2 unspecified atom stereocenters. The van der Waals surface area contributed by atoms with Gasteiger partial charge < -0.3 is 0 Å². The smallest absolute Gasteiger partial charge is 0.299 e. The Morgan fingerprint density at radius 1 is 1.21 bits per heavy atom. The van der Waals surface area contributed by atoms with Crippen LogP contribution in [-0.4, -0.2) is 23.9 Å². The van der Waals surface area contributed by atoms with Crippen molar-refractivity contribution in [3.63, 3.8) is 0 Å². The lowest BCUT2D eigenvalue weighted by atomic mass is 9.82. The Kier molecular flexibility index (Phi) is 5.41. The monoisotopic (exact) mass is 371 g/mol. The van der Waals surface area contributed by atoms with Gasteiger partial charge in [-0.3, -0.25) is 9.78 Å². The molecule has 0 aliphatic heterocycles. The number of benzene rings is 1. The fourth-order valence-electron chi connectivity index (χ4n) is 2.39. The summed E-state index contributed by atoms with van der Waals surface area (Å²) in [6.45, 7) is 9.42. The van der Waals surface area contributed by atoms with E-state index in [2.05, 4.69) is 14.1 Å². The molecule has 0 amide bonds. The summed E-state index contributed by atoms with van der Waals surface area (Å²) in [6.07, 6.45) is 0. The summed E-state index contributed by atoms with van der Waals surface area (Å²) in [5.74, 6) is -0.253. The molecule has 8 heteroatoms. The Labute approximate surface area is 147 Å². The molecule has 132 valence electrons. The van der Waals surface area contributed by atoms with Gasteiger partial charge in [-0.25, -0.2) is 13.3 Å². The van der Waals surface area contributed by atoms with Gasteiger partial charge in [0, 0.05) is 17.1 Å². The third-order valence-corrected chi connectivity index (χ3v) is 5.95. The summed E-state index contributed by atoms with van der Waals surface area (Å²) in [5.41, 5.74) is 0.0915. The molecule has 0 fully saturated rings. The number of hydrogen-bond acceptors (Lipinski definition) is 4. The van der Waals surface area contributed by atoms with Gasteiger partial charge in [0.25, 0.3) is 0 Å². The zero-order chi connectivity index (χ0) is 18.1. The van der Waals surface area contributed by atoms with E-state index in [-0.39, 0.29) is 16.6 Å². The maximum Gasteiger partial charge on any atom is 0.323 e. The second-order valence-corrected chi connectivity index (χ2v) is 9.87. The summed E-state index contributed by atoms with van der Waals surface area (Å²) >= 11 is 0.832. The quantitative estimate of drug-likeness (QED) is 0.849. The van der Waals surface area contributed by atoms with Gasteiger partial charge in [-0.1, -0.05) is 12.1 Å². The summed E-state index contributed by atoms with van der Waals surface area (Å²) in [4.78, 5) is 14.0. The molecule has 0 saturated heterocycles. The molecule has 0 bridgehead atoms. The van der Waals surface area contributed by atoms with Crippen molar-refractivity contribution in [1.82, 2.24) is 14.1 Å². The molecule has 2 atom stereocenters. The maximum atomic E-state index is 13.3. The predicted octanol–water partition coefficient (Wildman–Crippen LogP) is 2.93. The van der Waals surface area contributed by atoms with Crippen molar-refractivity contribution in [2.75, 3.05) is 0 Å². The van der Waals surface area contributed by atoms with Crippen LogP contribution in [0.25, 0.3) is 0 Å². The summed E-state index contributed by atoms with van der Waals surface area (Å²) in [5, 5.41) is 0. The van der Waals surface area contributed by atoms with E-state index in [0.717, 1.165) is 17.1 Å². The third-order valence-electron chi connectivity index (χ3n) is 3.57. The topological polar surface area (TPSA) is 74.8 Å². The minimum absolute atomic E-state index is 0.259. The molecule has 5 nitrogen and oxygen atoms in total. The minimum atomic E-state index is -1.31. The molecule has 24 heavy (non-hydrogen) atoms. The van der Waals surface area contributed by atoms with Crippen molar-refractivity contribution in [2.24, 2.45) is 0 Å². The second kappa shape index (κ2) is 6.85. The number of aromatic nitrogens is 2. The highest BCUT2D eigenvalue weighted by Crippen LogP contribution is 2.34. The number of rotatable bonds is 5. The third kappa shape index (κ3) is 4.37. The number of hydrogen-bond donors (Lipinski definition) is 2. The Bertz CT molecular complexity index is 776. The van der Waals surface area contributed by atoms with E-state index in [4.69, 9.17) is 0 Å². The molecule has 2 N–H and O–H groups in total. The lowest BCUT2D eigenvalue weighted by molar-refractivity contribution is 0.402. The van der Waals surface area contributed by atoms with Crippen molar-refractivity contribution in [2.45, 2.75) is 50.8 Å². The van der Waals surface area contributed by atoms with E-state index in [1.807, 2.05) is 34.6 Å². The molecule has 0 aliphatic rings. The molecule has 0 spiro atoms. The minimum Gasteiger partial charge on any atom is -0.299 e. The number of nitrogens with zero attached hydrogens (tertiary/aromatic N) is 1. The van der Waals surface area contributed by atoms with Crippen LogP contribution in [0.4, 0.5) is 4.39 Å². The van der Waals surface area contributed by atoms with E-state index in [0.29, 0.717) is 5.82 Å². The molecule has 2 rings (SSSR count). The van der Waals surface area contributed by atoms with Crippen LogP contribution in [0.2, 0.25) is 0 Å². The first-order chi connectivity index (χ1) is 11.0. The Morgan fingerprint density at radius 3 is 2.25 bits per heavy atom. The van der Waals surface area contributed by atoms with Gasteiger partial charge in [-0.2, -0.15) is 4.37 Å². The van der Waals surface area contributed by atoms with Crippen LogP contribution in [0.3, 0.4) is 0 Å². The first-order valence-corrected chi connectivity index (χ1v) is 9.44. The largest absolute Gasteiger partial charge is 0.323 e. The molecular weight excluding hydrogens is 349 g/mol. The van der Waals surface area contributed by atoms with Crippen LogP contribution in [0.5, 0.6) is 0 Å². The summed E-state index contributed by atoms with van der Waals surface area (Å²) in [6, 6.07) is 6.04. The van der Waals surface area contributed by atoms with Crippen molar-refractivity contribution in [3.8, 4) is 0 Å². The van der Waals surface area contributed by atoms with Gasteiger partial charge in [0.1, 0.15) is 11.6 Å². The van der Waals surface area contributed by atoms with E-state index in [1.54, 1.807) is 12.1 Å². The van der Waals surface area contributed by atoms with Gasteiger partial charge in [-0.05, 0) is 52.3 Å². The van der Waals surface area contributed by atoms with Gasteiger partial charge in [0.05, 0.1) is 21.7 Å². The van der Waals surface area contributed by atoms with Crippen molar-refractivity contribution in [1.29, 1.82) is 0 Å². The van der Waals surface area contributed by atoms with Crippen LogP contribution >= 0.6 is 11.5 Å². The standard InChI is InChI=1S/C16H22FN3O2S2/c1-15(2,3)24(22)20-16(4,5)12(13-18-14(21)23-19-13)10-6-8-11(17)9-7-10/h6-9,12,20H,1-5H3,(H,18,19,21). The Hall–Kier alpha value is -1.38. The molecule has 0 aliphatic carbocycles. The number of aromatic amines is 1. The lowest BCUT2D eigenvalue weighted by Crippen LogP contribution is -2.50. The molecule has 0 radical (unpaired) electrons. The average Bonchev–Trinajstić information content (AvgIpc) is 2.85. The predicted molar refractivity (Wildman–Crippen MR) is 96.1 cm³/mol. The van der Waals surface area contributed by atoms with E-state index in [1.165, 1.54) is 12.1 Å². The maximum absolute atomic E-state index is 13.3. The highest BCUT2D eigenvalue weighted by atomic mass is 32.2. The van der Waals surface area contributed by atoms with E-state index in [9.17, 15) is 13.4 Å². The SMILES string of the molecule is CC(C)(NS(=O)C(C)(C)C)C(c1ccc(F)cc1)c1nsc(=O)[nH]1. The fraction of sp³-hybridized carbons (Fsp3) is 0.500. The van der Waals surface area contributed by atoms with Gasteiger partial charge >= 0.3 is 4.87 Å². The molecule has 1 heterocycles. The van der Waals surface area contributed by atoms with Crippen molar-refractivity contribution in [3.05, 3.63) is 51.1 Å². The van der Waals surface area contributed by atoms with E-state index >= 15 is 0 Å². The van der Waals surface area contributed by atoms with Crippen LogP contribution in [-0.2, 0) is 11.0 Å². The molecule has 1 aromatic heterocycles. The average molecular weight is 372 g/mol. The summed E-state index contributed by atoms with van der Waals surface area (Å²) in [7, 11) is -1.31. The molecule has 0 saturated carbocycles. The van der Waals surface area contributed by atoms with Crippen molar-refractivity contribution >= 4 is 22.5 Å². The Morgan fingerprint density at radius 2 is 1.79 bits per heavy atom. The first kappa shape index (κ1) is 19.0. The lowest BCUT2D eigenvalue weighted by Gasteiger charge is -2.36. The van der Waals surface area contributed by atoms with Crippen LogP contribution < -0.4 is 9.60 Å². The van der Waals surface area contributed by atoms with Crippen LogP contribution in [0.1, 0.15) is 51.9 Å². The summed E-state index contributed by atoms with van der Waals surface area (Å²) < 4.78 is 32.7. The van der Waals surface area contributed by atoms with Crippen LogP contribution in [0, 0.1) is 5.82 Å². The number of halogens is 1. The molecule has 1 aromatic carbocycles. The number of H-pyrrole nitrogens is 1. The fourth-order valence-corrected chi connectivity index (χ4v) is 3.77. The zero-order valence-electron chi connectivity index (χ0n) is 14.3. The first-order valence-electron chi connectivity index (χ1n) is 7.52. The van der Waals surface area contributed by atoms with Gasteiger partial charge in [-0.15, -0.1) is 0 Å². The van der Waals surface area contributed by atoms with E-state index < -0.39 is 21.3 Å². The van der Waals surface area contributed by atoms with Gasteiger partial charge in [0.2, 0.25) is 0 Å².